The quantitative estimate of drug-likeness (QED) is 0.442. The van der Waals surface area contributed by atoms with Gasteiger partial charge in [-0.15, -0.1) is 0 Å². The highest BCUT2D eigenvalue weighted by molar-refractivity contribution is 7.89. The van der Waals surface area contributed by atoms with Crippen molar-refractivity contribution in [3.63, 3.8) is 0 Å². The summed E-state index contributed by atoms with van der Waals surface area (Å²) in [7, 11) is -3.60. The van der Waals surface area contributed by atoms with Crippen LogP contribution in [0.4, 0.5) is 5.82 Å². The lowest BCUT2D eigenvalue weighted by Crippen LogP contribution is -2.49. The molecule has 1 aliphatic rings. The van der Waals surface area contributed by atoms with Crippen molar-refractivity contribution in [1.29, 1.82) is 0 Å². The predicted molar refractivity (Wildman–Crippen MR) is 122 cm³/mol. The first kappa shape index (κ1) is 21.3. The van der Waals surface area contributed by atoms with Crippen LogP contribution in [0.2, 0.25) is 0 Å². The van der Waals surface area contributed by atoms with Gasteiger partial charge >= 0.3 is 0 Å². The zero-order chi connectivity index (χ0) is 23.0. The Balaban J connectivity index is 1.30. The second-order valence-corrected chi connectivity index (χ2v) is 9.69. The molecular formula is C22H23N7O3S. The van der Waals surface area contributed by atoms with E-state index in [1.807, 2.05) is 25.3 Å². The zero-order valence-electron chi connectivity index (χ0n) is 18.3. The molecule has 0 aliphatic carbocycles. The molecule has 5 rings (SSSR count). The second-order valence-electron chi connectivity index (χ2n) is 7.75. The van der Waals surface area contributed by atoms with Crippen molar-refractivity contribution in [2.75, 3.05) is 31.1 Å². The number of nitrogens with zero attached hydrogens (tertiary/aromatic N) is 7. The van der Waals surface area contributed by atoms with Crippen molar-refractivity contribution in [3.05, 3.63) is 66.8 Å². The third-order valence-corrected chi connectivity index (χ3v) is 7.43. The van der Waals surface area contributed by atoms with E-state index >= 15 is 0 Å². The molecule has 170 valence electrons. The summed E-state index contributed by atoms with van der Waals surface area (Å²) < 4.78 is 34.8. The topological polar surface area (TPSA) is 110 Å². The summed E-state index contributed by atoms with van der Waals surface area (Å²) in [5.74, 6) is 2.64. The van der Waals surface area contributed by atoms with Crippen molar-refractivity contribution in [2.45, 2.75) is 18.7 Å². The van der Waals surface area contributed by atoms with Gasteiger partial charge in [0.15, 0.2) is 11.7 Å². The van der Waals surface area contributed by atoms with Crippen molar-refractivity contribution in [2.24, 2.45) is 0 Å². The third kappa shape index (κ3) is 4.24. The molecule has 10 nitrogen and oxygen atoms in total. The molecule has 1 aromatic carbocycles. The number of hydrogen-bond donors (Lipinski definition) is 0. The van der Waals surface area contributed by atoms with Crippen molar-refractivity contribution in [1.82, 2.24) is 29.0 Å². The molecule has 0 spiro atoms. The predicted octanol–water partition coefficient (Wildman–Crippen LogP) is 2.45. The normalized spacial score (nSPS) is 15.2. The number of benzene rings is 1. The summed E-state index contributed by atoms with van der Waals surface area (Å²) >= 11 is 0. The average molecular weight is 466 g/mol. The van der Waals surface area contributed by atoms with Gasteiger partial charge in [-0.2, -0.15) is 9.40 Å². The van der Waals surface area contributed by atoms with E-state index in [-0.39, 0.29) is 4.90 Å². The first-order valence-corrected chi connectivity index (χ1v) is 12.0. The first-order valence-electron chi connectivity index (χ1n) is 10.5. The Kier molecular flexibility index (Phi) is 5.43. The van der Waals surface area contributed by atoms with E-state index in [0.717, 1.165) is 11.4 Å². The molecule has 0 N–H and O–H groups in total. The molecule has 4 heterocycles. The highest BCUT2D eigenvalue weighted by Crippen LogP contribution is 2.24. The molecule has 0 radical (unpaired) electrons. The third-order valence-electron chi connectivity index (χ3n) is 5.52. The number of anilines is 1. The van der Waals surface area contributed by atoms with E-state index in [2.05, 4.69) is 25.0 Å². The van der Waals surface area contributed by atoms with Gasteiger partial charge in [-0.1, -0.05) is 12.1 Å². The van der Waals surface area contributed by atoms with Crippen LogP contribution in [0.25, 0.3) is 17.1 Å². The van der Waals surface area contributed by atoms with E-state index in [0.29, 0.717) is 49.4 Å². The lowest BCUT2D eigenvalue weighted by Gasteiger charge is -2.34. The Morgan fingerprint density at radius 2 is 1.67 bits per heavy atom. The molecule has 33 heavy (non-hydrogen) atoms. The van der Waals surface area contributed by atoms with Crippen LogP contribution in [0.15, 0.2) is 64.4 Å². The minimum absolute atomic E-state index is 0.263. The van der Waals surface area contributed by atoms with Gasteiger partial charge in [-0.3, -0.25) is 0 Å². The summed E-state index contributed by atoms with van der Waals surface area (Å²) in [5, 5.41) is 4.23. The van der Waals surface area contributed by atoms with Crippen LogP contribution in [-0.2, 0) is 10.0 Å². The summed E-state index contributed by atoms with van der Waals surface area (Å²) in [6.45, 7) is 5.40. The molecular weight excluding hydrogens is 442 g/mol. The summed E-state index contributed by atoms with van der Waals surface area (Å²) in [5.41, 5.74) is 1.49. The van der Waals surface area contributed by atoms with Crippen molar-refractivity contribution < 1.29 is 12.8 Å². The van der Waals surface area contributed by atoms with Crippen LogP contribution < -0.4 is 4.90 Å². The van der Waals surface area contributed by atoms with Crippen molar-refractivity contribution >= 4 is 15.8 Å². The molecule has 0 atom stereocenters. The second kappa shape index (κ2) is 8.41. The molecule has 3 aromatic heterocycles. The minimum atomic E-state index is -3.60. The van der Waals surface area contributed by atoms with Gasteiger partial charge in [0.2, 0.25) is 10.0 Å². The Morgan fingerprint density at radius 1 is 0.939 bits per heavy atom. The summed E-state index contributed by atoms with van der Waals surface area (Å²) in [4.78, 5) is 15.6. The Morgan fingerprint density at radius 3 is 2.30 bits per heavy atom. The maximum atomic E-state index is 13.2. The number of rotatable bonds is 5. The number of oxazole rings is 1. The molecule has 1 aliphatic heterocycles. The molecule has 0 saturated carbocycles. The van der Waals surface area contributed by atoms with Crippen LogP contribution in [0, 0.1) is 13.8 Å². The lowest BCUT2D eigenvalue weighted by atomic mass is 10.2. The average Bonchev–Trinajstić information content (AvgIpc) is 3.51. The van der Waals surface area contributed by atoms with E-state index in [1.54, 1.807) is 48.3 Å². The molecule has 0 bridgehead atoms. The Labute approximate surface area is 191 Å². The van der Waals surface area contributed by atoms with Gasteiger partial charge in [-0.25, -0.2) is 28.1 Å². The van der Waals surface area contributed by atoms with E-state index in [4.69, 9.17) is 4.42 Å². The van der Waals surface area contributed by atoms with Crippen LogP contribution in [0.3, 0.4) is 0 Å². The Hall–Kier alpha value is -3.57. The smallest absolute Gasteiger partial charge is 0.243 e. The standard InChI is InChI=1S/C22H23N7O3S/c1-16-24-21(14-22(25-16)29-9-3-8-23-29)27-10-12-28(13-11-27)33(30,31)19-6-4-18(5-7-19)20-15-32-17(2)26-20/h3-9,14-15H,10-13H2,1-2H3. The highest BCUT2D eigenvalue weighted by Gasteiger charge is 2.29. The summed E-state index contributed by atoms with van der Waals surface area (Å²) in [6, 6.07) is 10.4. The fourth-order valence-electron chi connectivity index (χ4n) is 3.82. The maximum absolute atomic E-state index is 13.2. The van der Waals surface area contributed by atoms with Gasteiger partial charge < -0.3 is 9.32 Å². The monoisotopic (exact) mass is 465 g/mol. The van der Waals surface area contributed by atoms with Gasteiger partial charge in [0.1, 0.15) is 23.6 Å². The minimum Gasteiger partial charge on any atom is -0.449 e. The fourth-order valence-corrected chi connectivity index (χ4v) is 5.24. The van der Waals surface area contributed by atoms with Gasteiger partial charge in [0.25, 0.3) is 0 Å². The first-order chi connectivity index (χ1) is 15.9. The van der Waals surface area contributed by atoms with Crippen LogP contribution in [0.5, 0.6) is 0 Å². The van der Waals surface area contributed by atoms with Gasteiger partial charge in [0, 0.05) is 57.1 Å². The number of aryl methyl sites for hydroxylation is 2. The van der Waals surface area contributed by atoms with Gasteiger partial charge in [-0.05, 0) is 25.1 Å². The fraction of sp³-hybridized carbons (Fsp3) is 0.273. The van der Waals surface area contributed by atoms with Crippen LogP contribution in [0.1, 0.15) is 11.7 Å². The SMILES string of the molecule is Cc1nc(N2CCN(S(=O)(=O)c3ccc(-c4coc(C)n4)cc3)CC2)cc(-n2cccn2)n1. The molecule has 1 saturated heterocycles. The summed E-state index contributed by atoms with van der Waals surface area (Å²) in [6.07, 6.45) is 5.08. The molecule has 1 fully saturated rings. The number of aromatic nitrogens is 5. The molecule has 0 unspecified atom stereocenters. The van der Waals surface area contributed by atoms with Crippen molar-refractivity contribution in [3.8, 4) is 17.1 Å². The molecule has 11 heteroatoms. The van der Waals surface area contributed by atoms with E-state index in [1.165, 1.54) is 4.31 Å². The van der Waals surface area contributed by atoms with E-state index in [9.17, 15) is 8.42 Å². The lowest BCUT2D eigenvalue weighted by molar-refractivity contribution is 0.383. The van der Waals surface area contributed by atoms with Crippen LogP contribution >= 0.6 is 0 Å². The largest absolute Gasteiger partial charge is 0.449 e. The zero-order valence-corrected chi connectivity index (χ0v) is 19.1. The molecule has 0 amide bonds. The molecule has 4 aromatic rings. The number of sulfonamides is 1. The highest BCUT2D eigenvalue weighted by atomic mass is 32.2. The maximum Gasteiger partial charge on any atom is 0.243 e. The number of hydrogen-bond acceptors (Lipinski definition) is 8. The number of piperazine rings is 1. The van der Waals surface area contributed by atoms with Gasteiger partial charge in [0.05, 0.1) is 4.90 Å². The van der Waals surface area contributed by atoms with Crippen LogP contribution in [-0.4, -0.2) is 63.6 Å². The van der Waals surface area contributed by atoms with E-state index < -0.39 is 10.0 Å². The Bertz CT molecular complexity index is 1360.